The molecule has 1 heterocycles. The van der Waals surface area contributed by atoms with Gasteiger partial charge in [-0.25, -0.2) is 4.98 Å². The quantitative estimate of drug-likeness (QED) is 0.647. The van der Waals surface area contributed by atoms with Crippen LogP contribution in [-0.2, 0) is 4.79 Å². The van der Waals surface area contributed by atoms with Gasteiger partial charge in [0, 0.05) is 5.56 Å². The van der Waals surface area contributed by atoms with E-state index in [2.05, 4.69) is 15.8 Å². The summed E-state index contributed by atoms with van der Waals surface area (Å²) in [6, 6.07) is 15.2. The predicted octanol–water partition coefficient (Wildman–Crippen LogP) is 3.58. The monoisotopic (exact) mass is 395 g/mol. The number of carbonyl (C=O) groups excluding carboxylic acids is 2. The zero-order valence-electron chi connectivity index (χ0n) is 15.9. The summed E-state index contributed by atoms with van der Waals surface area (Å²) in [7, 11) is 0. The van der Waals surface area contributed by atoms with E-state index in [1.54, 1.807) is 0 Å². The Balaban J connectivity index is 1.61. The van der Waals surface area contributed by atoms with E-state index in [4.69, 9.17) is 4.74 Å². The second-order valence-corrected chi connectivity index (χ2v) is 7.49. The molecule has 2 N–H and O–H groups in total. The van der Waals surface area contributed by atoms with Crippen LogP contribution >= 0.6 is 11.3 Å². The van der Waals surface area contributed by atoms with E-state index in [9.17, 15) is 9.59 Å². The number of nitrogens with zero attached hydrogens (tertiary/aromatic N) is 1. The Labute approximate surface area is 167 Å². The van der Waals surface area contributed by atoms with Gasteiger partial charge in [-0.2, -0.15) is 0 Å². The van der Waals surface area contributed by atoms with Crippen molar-refractivity contribution in [3.05, 3.63) is 69.5 Å². The van der Waals surface area contributed by atoms with Crippen LogP contribution in [0.2, 0.25) is 0 Å². The second kappa shape index (κ2) is 8.67. The van der Waals surface area contributed by atoms with E-state index in [0.29, 0.717) is 16.3 Å². The molecule has 0 aliphatic rings. The summed E-state index contributed by atoms with van der Waals surface area (Å²) in [5.41, 5.74) is 8.18. The molecule has 0 spiro atoms. The molecular weight excluding hydrogens is 374 g/mol. The van der Waals surface area contributed by atoms with E-state index in [-0.39, 0.29) is 6.61 Å². The van der Waals surface area contributed by atoms with Gasteiger partial charge in [-0.3, -0.25) is 20.4 Å². The van der Waals surface area contributed by atoms with Crippen LogP contribution in [0.4, 0.5) is 0 Å². The minimum atomic E-state index is -0.446. The molecule has 0 saturated heterocycles. The van der Waals surface area contributed by atoms with Gasteiger partial charge in [0.25, 0.3) is 11.8 Å². The highest BCUT2D eigenvalue weighted by Crippen LogP contribution is 2.27. The molecule has 0 fully saturated rings. The van der Waals surface area contributed by atoms with Crippen molar-refractivity contribution in [3.63, 3.8) is 0 Å². The molecule has 0 aliphatic heterocycles. The standard InChI is InChI=1S/C21H21N3O3S/c1-13-8-7-9-14(2)19(13)27-12-17(25)23-24-21(26)20-18(22-15(3)28-20)16-10-5-4-6-11-16/h4-11H,12H2,1-3H3,(H,23,25)(H,24,26). The van der Waals surface area contributed by atoms with Crippen LogP contribution < -0.4 is 15.6 Å². The largest absolute Gasteiger partial charge is 0.483 e. The molecule has 28 heavy (non-hydrogen) atoms. The summed E-state index contributed by atoms with van der Waals surface area (Å²) in [6.07, 6.45) is 0. The van der Waals surface area contributed by atoms with Gasteiger partial charge < -0.3 is 4.74 Å². The Kier molecular flexibility index (Phi) is 6.06. The fraction of sp³-hybridized carbons (Fsp3) is 0.190. The minimum absolute atomic E-state index is 0.195. The first kappa shape index (κ1) is 19.6. The second-order valence-electron chi connectivity index (χ2n) is 6.29. The van der Waals surface area contributed by atoms with Gasteiger partial charge in [-0.15, -0.1) is 11.3 Å². The van der Waals surface area contributed by atoms with Gasteiger partial charge in [-0.1, -0.05) is 48.5 Å². The number of thiazole rings is 1. The highest BCUT2D eigenvalue weighted by Gasteiger charge is 2.18. The number of ether oxygens (including phenoxy) is 1. The number of hydrogen-bond acceptors (Lipinski definition) is 5. The van der Waals surface area contributed by atoms with Crippen LogP contribution in [0.1, 0.15) is 25.8 Å². The van der Waals surface area contributed by atoms with Crippen LogP contribution in [-0.4, -0.2) is 23.4 Å². The third kappa shape index (κ3) is 4.55. The molecule has 0 bridgehead atoms. The van der Waals surface area contributed by atoms with Crippen molar-refractivity contribution >= 4 is 23.2 Å². The molecule has 2 aromatic carbocycles. The third-order valence-electron chi connectivity index (χ3n) is 4.06. The van der Waals surface area contributed by atoms with Crippen molar-refractivity contribution in [2.45, 2.75) is 20.8 Å². The molecule has 6 nitrogen and oxygen atoms in total. The van der Waals surface area contributed by atoms with Crippen molar-refractivity contribution in [3.8, 4) is 17.0 Å². The van der Waals surface area contributed by atoms with Gasteiger partial charge in [0.2, 0.25) is 0 Å². The number of rotatable bonds is 5. The maximum atomic E-state index is 12.5. The van der Waals surface area contributed by atoms with Crippen LogP contribution in [0.15, 0.2) is 48.5 Å². The zero-order chi connectivity index (χ0) is 20.1. The van der Waals surface area contributed by atoms with Crippen LogP contribution in [0.25, 0.3) is 11.3 Å². The lowest BCUT2D eigenvalue weighted by Gasteiger charge is -2.12. The SMILES string of the molecule is Cc1nc(-c2ccccc2)c(C(=O)NNC(=O)COc2c(C)cccc2C)s1. The number of hydrogen-bond donors (Lipinski definition) is 2. The van der Waals surface area contributed by atoms with Gasteiger partial charge in [-0.05, 0) is 31.9 Å². The van der Waals surface area contributed by atoms with Crippen LogP contribution in [0, 0.1) is 20.8 Å². The average molecular weight is 395 g/mol. The van der Waals surface area contributed by atoms with Crippen molar-refractivity contribution < 1.29 is 14.3 Å². The number of hydrazine groups is 1. The van der Waals surface area contributed by atoms with Crippen molar-refractivity contribution in [1.29, 1.82) is 0 Å². The first-order valence-electron chi connectivity index (χ1n) is 8.76. The zero-order valence-corrected chi connectivity index (χ0v) is 16.7. The normalized spacial score (nSPS) is 10.4. The number of benzene rings is 2. The van der Waals surface area contributed by atoms with Gasteiger partial charge >= 0.3 is 0 Å². The smallest absolute Gasteiger partial charge is 0.282 e. The van der Waals surface area contributed by atoms with E-state index in [0.717, 1.165) is 21.7 Å². The Morgan fingerprint density at radius 3 is 2.32 bits per heavy atom. The van der Waals surface area contributed by atoms with Crippen LogP contribution in [0.3, 0.4) is 0 Å². The molecular formula is C21H21N3O3S. The summed E-state index contributed by atoms with van der Waals surface area (Å²) < 4.78 is 5.59. The number of aryl methyl sites for hydroxylation is 3. The van der Waals surface area contributed by atoms with E-state index in [1.807, 2.05) is 69.3 Å². The average Bonchev–Trinajstić information content (AvgIpc) is 3.08. The summed E-state index contributed by atoms with van der Waals surface area (Å²) in [6.45, 7) is 5.47. The first-order valence-corrected chi connectivity index (χ1v) is 9.58. The minimum Gasteiger partial charge on any atom is -0.483 e. The number of amides is 2. The Hall–Kier alpha value is -3.19. The highest BCUT2D eigenvalue weighted by atomic mass is 32.1. The lowest BCUT2D eigenvalue weighted by molar-refractivity contribution is -0.123. The molecule has 7 heteroatoms. The maximum absolute atomic E-state index is 12.5. The molecule has 2 amide bonds. The molecule has 0 radical (unpaired) electrons. The highest BCUT2D eigenvalue weighted by molar-refractivity contribution is 7.14. The number of carbonyl (C=O) groups is 2. The molecule has 1 aromatic heterocycles. The first-order chi connectivity index (χ1) is 13.5. The molecule has 0 unspecified atom stereocenters. The Bertz CT molecular complexity index is 979. The van der Waals surface area contributed by atoms with Crippen molar-refractivity contribution in [2.24, 2.45) is 0 Å². The molecule has 0 saturated carbocycles. The maximum Gasteiger partial charge on any atom is 0.282 e. The summed E-state index contributed by atoms with van der Waals surface area (Å²) in [4.78, 5) is 29.5. The third-order valence-corrected chi connectivity index (χ3v) is 5.03. The molecule has 3 rings (SSSR count). The topological polar surface area (TPSA) is 80.3 Å². The number of aromatic nitrogens is 1. The lowest BCUT2D eigenvalue weighted by Crippen LogP contribution is -2.43. The predicted molar refractivity (Wildman–Crippen MR) is 109 cm³/mol. The summed E-state index contributed by atoms with van der Waals surface area (Å²) >= 11 is 1.28. The van der Waals surface area contributed by atoms with E-state index < -0.39 is 11.8 Å². The Morgan fingerprint density at radius 2 is 1.64 bits per heavy atom. The molecule has 144 valence electrons. The van der Waals surface area contributed by atoms with Crippen molar-refractivity contribution in [1.82, 2.24) is 15.8 Å². The summed E-state index contributed by atoms with van der Waals surface area (Å²) in [5, 5.41) is 0.772. The fourth-order valence-corrected chi connectivity index (χ4v) is 3.59. The van der Waals surface area contributed by atoms with Gasteiger partial charge in [0.15, 0.2) is 6.61 Å². The van der Waals surface area contributed by atoms with E-state index in [1.165, 1.54) is 11.3 Å². The molecule has 0 atom stereocenters. The van der Waals surface area contributed by atoms with Gasteiger partial charge in [0.1, 0.15) is 10.6 Å². The van der Waals surface area contributed by atoms with Crippen molar-refractivity contribution in [2.75, 3.05) is 6.61 Å². The molecule has 0 aliphatic carbocycles. The van der Waals surface area contributed by atoms with Crippen LogP contribution in [0.5, 0.6) is 5.75 Å². The van der Waals surface area contributed by atoms with E-state index >= 15 is 0 Å². The van der Waals surface area contributed by atoms with Gasteiger partial charge in [0.05, 0.1) is 10.7 Å². The number of nitrogens with one attached hydrogen (secondary N) is 2. The summed E-state index contributed by atoms with van der Waals surface area (Å²) in [5.74, 6) is -0.184. The number of para-hydroxylation sites is 1. The fourth-order valence-electron chi connectivity index (χ4n) is 2.76. The lowest BCUT2D eigenvalue weighted by atomic mass is 10.1. The molecule has 3 aromatic rings. The Morgan fingerprint density at radius 1 is 0.964 bits per heavy atom.